The van der Waals surface area contributed by atoms with Crippen LogP contribution in [-0.4, -0.2) is 11.7 Å². The topological polar surface area (TPSA) is 20.2 Å². The second kappa shape index (κ2) is 2.14. The number of rotatable bonds is 1. The molecule has 3 atom stereocenters. The first kappa shape index (κ1) is 8.31. The van der Waals surface area contributed by atoms with Gasteiger partial charge in [0, 0.05) is 6.61 Å². The molecule has 1 fully saturated rings. The third-order valence-corrected chi connectivity index (χ3v) is 4.14. The van der Waals surface area contributed by atoms with Crippen molar-refractivity contribution < 1.29 is 5.11 Å². The standard InChI is InChI=1S/C11H18O/c1-10(2)4-5-11(3)8(7-12)6-9(10)11/h4-5,8-9,12H,6-7H2,1-3H3/t8-,9+,11+/m0/s1. The van der Waals surface area contributed by atoms with E-state index >= 15 is 0 Å². The van der Waals surface area contributed by atoms with E-state index < -0.39 is 0 Å². The summed E-state index contributed by atoms with van der Waals surface area (Å²) >= 11 is 0. The number of aliphatic hydroxyl groups is 1. The van der Waals surface area contributed by atoms with Crippen LogP contribution < -0.4 is 0 Å². The maximum Gasteiger partial charge on any atom is 0.0467 e. The fourth-order valence-electron chi connectivity index (χ4n) is 3.06. The maximum absolute atomic E-state index is 9.13. The fraction of sp³-hybridized carbons (Fsp3) is 0.818. The minimum Gasteiger partial charge on any atom is -0.396 e. The Labute approximate surface area is 74.5 Å². The predicted octanol–water partition coefficient (Wildman–Crippen LogP) is 2.22. The monoisotopic (exact) mass is 166 g/mol. The highest BCUT2D eigenvalue weighted by atomic mass is 16.3. The van der Waals surface area contributed by atoms with Crippen LogP contribution in [-0.2, 0) is 0 Å². The summed E-state index contributed by atoms with van der Waals surface area (Å²) in [5, 5.41) is 9.13. The quantitative estimate of drug-likeness (QED) is 0.592. The molecule has 0 aromatic rings. The van der Waals surface area contributed by atoms with E-state index in [-0.39, 0.29) is 0 Å². The van der Waals surface area contributed by atoms with Crippen molar-refractivity contribution in [2.75, 3.05) is 6.61 Å². The van der Waals surface area contributed by atoms with Gasteiger partial charge in [0.1, 0.15) is 0 Å². The summed E-state index contributed by atoms with van der Waals surface area (Å²) in [6.07, 6.45) is 5.85. The van der Waals surface area contributed by atoms with Crippen LogP contribution in [0.2, 0.25) is 0 Å². The normalized spacial score (nSPS) is 48.7. The number of allylic oxidation sites excluding steroid dienone is 2. The van der Waals surface area contributed by atoms with E-state index in [0.29, 0.717) is 23.4 Å². The molecule has 0 amide bonds. The molecule has 0 unspecified atom stereocenters. The molecule has 1 N–H and O–H groups in total. The Hall–Kier alpha value is -0.300. The summed E-state index contributed by atoms with van der Waals surface area (Å²) < 4.78 is 0. The second-order valence-corrected chi connectivity index (χ2v) is 5.19. The molecule has 12 heavy (non-hydrogen) atoms. The summed E-state index contributed by atoms with van der Waals surface area (Å²) in [5.74, 6) is 1.28. The molecule has 0 radical (unpaired) electrons. The summed E-state index contributed by atoms with van der Waals surface area (Å²) in [6, 6.07) is 0. The van der Waals surface area contributed by atoms with E-state index in [1.54, 1.807) is 0 Å². The maximum atomic E-state index is 9.13. The van der Waals surface area contributed by atoms with Gasteiger partial charge in [0.05, 0.1) is 0 Å². The van der Waals surface area contributed by atoms with Crippen molar-refractivity contribution in [3.63, 3.8) is 0 Å². The lowest BCUT2D eigenvalue weighted by molar-refractivity contribution is -0.0577. The minimum absolute atomic E-state index is 0.304. The average Bonchev–Trinajstić information content (AvgIpc) is 2.13. The van der Waals surface area contributed by atoms with Crippen molar-refractivity contribution in [2.24, 2.45) is 22.7 Å². The highest BCUT2D eigenvalue weighted by Gasteiger charge is 2.57. The van der Waals surface area contributed by atoms with Gasteiger partial charge < -0.3 is 5.11 Å². The molecule has 0 bridgehead atoms. The molecule has 1 saturated carbocycles. The van der Waals surface area contributed by atoms with Crippen molar-refractivity contribution in [3.8, 4) is 0 Å². The molecule has 2 rings (SSSR count). The summed E-state index contributed by atoms with van der Waals surface area (Å²) in [5.41, 5.74) is 0.665. The number of hydrogen-bond acceptors (Lipinski definition) is 1. The number of hydrogen-bond donors (Lipinski definition) is 1. The molecule has 2 aliphatic rings. The van der Waals surface area contributed by atoms with Gasteiger partial charge in [0.25, 0.3) is 0 Å². The lowest BCUT2D eigenvalue weighted by atomic mass is 9.51. The Morgan fingerprint density at radius 3 is 2.50 bits per heavy atom. The van der Waals surface area contributed by atoms with Gasteiger partial charge in [0.15, 0.2) is 0 Å². The molecule has 68 valence electrons. The van der Waals surface area contributed by atoms with Gasteiger partial charge in [0.2, 0.25) is 0 Å². The van der Waals surface area contributed by atoms with Gasteiger partial charge in [-0.2, -0.15) is 0 Å². The molecule has 0 aliphatic heterocycles. The Kier molecular flexibility index (Phi) is 1.48. The molecule has 0 heterocycles. The zero-order chi connectivity index (χ0) is 8.98. The van der Waals surface area contributed by atoms with Crippen LogP contribution in [0.5, 0.6) is 0 Å². The van der Waals surface area contributed by atoms with Gasteiger partial charge in [-0.1, -0.05) is 32.9 Å². The van der Waals surface area contributed by atoms with E-state index in [4.69, 9.17) is 5.11 Å². The van der Waals surface area contributed by atoms with Crippen molar-refractivity contribution in [1.29, 1.82) is 0 Å². The summed E-state index contributed by atoms with van der Waals surface area (Å²) in [7, 11) is 0. The van der Waals surface area contributed by atoms with E-state index in [9.17, 15) is 0 Å². The van der Waals surface area contributed by atoms with E-state index in [1.807, 2.05) is 0 Å². The van der Waals surface area contributed by atoms with Gasteiger partial charge in [-0.25, -0.2) is 0 Å². The van der Waals surface area contributed by atoms with Crippen LogP contribution in [0.3, 0.4) is 0 Å². The molecule has 1 nitrogen and oxygen atoms in total. The zero-order valence-electron chi connectivity index (χ0n) is 8.17. The lowest BCUT2D eigenvalue weighted by Crippen LogP contribution is -2.49. The van der Waals surface area contributed by atoms with Crippen molar-refractivity contribution in [1.82, 2.24) is 0 Å². The van der Waals surface area contributed by atoms with Crippen LogP contribution >= 0.6 is 0 Å². The second-order valence-electron chi connectivity index (χ2n) is 5.19. The van der Waals surface area contributed by atoms with Crippen LogP contribution in [0.1, 0.15) is 27.2 Å². The Bertz CT molecular complexity index is 229. The first-order chi connectivity index (χ1) is 5.50. The molecular weight excluding hydrogens is 148 g/mol. The van der Waals surface area contributed by atoms with E-state index in [1.165, 1.54) is 6.42 Å². The third kappa shape index (κ3) is 0.779. The molecule has 0 spiro atoms. The summed E-state index contributed by atoms with van der Waals surface area (Å²) in [4.78, 5) is 0. The van der Waals surface area contributed by atoms with Crippen LogP contribution in [0.15, 0.2) is 12.2 Å². The smallest absolute Gasteiger partial charge is 0.0467 e. The van der Waals surface area contributed by atoms with Gasteiger partial charge in [-0.15, -0.1) is 0 Å². The van der Waals surface area contributed by atoms with Gasteiger partial charge in [-0.3, -0.25) is 0 Å². The zero-order valence-corrected chi connectivity index (χ0v) is 8.17. The van der Waals surface area contributed by atoms with Gasteiger partial charge in [-0.05, 0) is 29.1 Å². The van der Waals surface area contributed by atoms with Crippen LogP contribution in [0.25, 0.3) is 0 Å². The first-order valence-electron chi connectivity index (χ1n) is 4.82. The third-order valence-electron chi connectivity index (χ3n) is 4.14. The largest absolute Gasteiger partial charge is 0.396 e. The average molecular weight is 166 g/mol. The number of fused-ring (bicyclic) bond motifs is 1. The van der Waals surface area contributed by atoms with Gasteiger partial charge >= 0.3 is 0 Å². The van der Waals surface area contributed by atoms with E-state index in [2.05, 4.69) is 32.9 Å². The molecule has 0 aromatic heterocycles. The SMILES string of the molecule is CC1(C)C=C[C@]2(C)[C@H](CO)C[C@H]12. The molecule has 2 aliphatic carbocycles. The highest BCUT2D eigenvalue weighted by Crippen LogP contribution is 2.63. The summed E-state index contributed by atoms with van der Waals surface area (Å²) in [6.45, 7) is 7.24. The fourth-order valence-corrected chi connectivity index (χ4v) is 3.06. The number of aliphatic hydroxyl groups excluding tert-OH is 1. The molecule has 1 heteroatoms. The molecule has 0 saturated heterocycles. The van der Waals surface area contributed by atoms with Crippen LogP contribution in [0, 0.1) is 22.7 Å². The Balaban J connectivity index is 2.23. The predicted molar refractivity (Wildman–Crippen MR) is 49.7 cm³/mol. The van der Waals surface area contributed by atoms with Crippen LogP contribution in [0.4, 0.5) is 0 Å². The highest BCUT2D eigenvalue weighted by molar-refractivity contribution is 5.24. The Morgan fingerprint density at radius 1 is 1.33 bits per heavy atom. The minimum atomic E-state index is 0.304. The lowest BCUT2D eigenvalue weighted by Gasteiger charge is -2.53. The Morgan fingerprint density at radius 2 is 2.00 bits per heavy atom. The first-order valence-corrected chi connectivity index (χ1v) is 4.82. The van der Waals surface area contributed by atoms with Crippen molar-refractivity contribution >= 4 is 0 Å². The molecular formula is C11H18O. The molecule has 0 aromatic carbocycles. The van der Waals surface area contributed by atoms with E-state index in [0.717, 1.165) is 5.92 Å². The van der Waals surface area contributed by atoms with Crippen molar-refractivity contribution in [2.45, 2.75) is 27.2 Å². The van der Waals surface area contributed by atoms with Crippen molar-refractivity contribution in [3.05, 3.63) is 12.2 Å².